The monoisotopic (exact) mass is 666 g/mol. The van der Waals surface area contributed by atoms with Crippen LogP contribution in [-0.4, -0.2) is 47.7 Å². The molecule has 0 bridgehead atoms. The number of phenols is 2. The SMILES string of the molecule is CCOc1cc(C=NNC(=O)C(=O)NN=Cc2cc(I)c(O)c(OCC)c2)cc(I)c1O. The molecular weight excluding hydrogens is 646 g/mol. The summed E-state index contributed by atoms with van der Waals surface area (Å²) in [6.45, 7) is 4.32. The van der Waals surface area contributed by atoms with Gasteiger partial charge in [-0.3, -0.25) is 9.59 Å². The molecule has 4 N–H and O–H groups in total. The van der Waals surface area contributed by atoms with E-state index in [1.807, 2.05) is 45.2 Å². The Kier molecular flexibility index (Phi) is 9.96. The molecule has 0 aliphatic heterocycles. The van der Waals surface area contributed by atoms with E-state index in [-0.39, 0.29) is 23.0 Å². The van der Waals surface area contributed by atoms with E-state index in [0.29, 0.717) is 31.5 Å². The van der Waals surface area contributed by atoms with E-state index < -0.39 is 11.8 Å². The van der Waals surface area contributed by atoms with E-state index in [1.165, 1.54) is 12.4 Å². The highest BCUT2D eigenvalue weighted by Crippen LogP contribution is 2.33. The lowest BCUT2D eigenvalue weighted by molar-refractivity contribution is -0.139. The minimum atomic E-state index is -1.02. The average molecular weight is 666 g/mol. The number of hydrogen-bond donors (Lipinski definition) is 4. The van der Waals surface area contributed by atoms with Crippen molar-refractivity contribution >= 4 is 69.4 Å². The average Bonchev–Trinajstić information content (AvgIpc) is 2.75. The standard InChI is InChI=1S/C20H20I2N4O6/c1-3-31-15-7-11(5-13(21)17(15)27)9-23-25-19(29)20(30)26-24-10-12-6-14(22)18(28)16(8-12)32-4-2/h5-10,27-28H,3-4H2,1-2H3,(H,25,29)(H,26,30). The molecule has 2 amide bonds. The van der Waals surface area contributed by atoms with Crippen molar-refractivity contribution in [3.63, 3.8) is 0 Å². The number of benzene rings is 2. The highest BCUT2D eigenvalue weighted by Gasteiger charge is 2.12. The third-order valence-electron chi connectivity index (χ3n) is 3.67. The summed E-state index contributed by atoms with van der Waals surface area (Å²) in [7, 11) is 0. The Labute approximate surface area is 211 Å². The van der Waals surface area contributed by atoms with Gasteiger partial charge in [-0.25, -0.2) is 10.9 Å². The van der Waals surface area contributed by atoms with Crippen molar-refractivity contribution in [2.24, 2.45) is 10.2 Å². The van der Waals surface area contributed by atoms with Crippen LogP contribution in [0.3, 0.4) is 0 Å². The number of hydrazone groups is 2. The molecule has 2 aromatic carbocycles. The lowest BCUT2D eigenvalue weighted by Crippen LogP contribution is -2.35. The zero-order valence-corrected chi connectivity index (χ0v) is 21.4. The zero-order valence-electron chi connectivity index (χ0n) is 17.1. The number of hydrogen-bond acceptors (Lipinski definition) is 8. The van der Waals surface area contributed by atoms with E-state index in [4.69, 9.17) is 9.47 Å². The number of ether oxygens (including phenoxy) is 2. The second kappa shape index (κ2) is 12.4. The predicted octanol–water partition coefficient (Wildman–Crippen LogP) is 2.70. The highest BCUT2D eigenvalue weighted by molar-refractivity contribution is 14.1. The molecule has 0 saturated carbocycles. The van der Waals surface area contributed by atoms with Crippen molar-refractivity contribution in [3.8, 4) is 23.0 Å². The molecule has 0 spiro atoms. The van der Waals surface area contributed by atoms with Crippen LogP contribution in [0.25, 0.3) is 0 Å². The fraction of sp³-hybridized carbons (Fsp3) is 0.200. The third-order valence-corrected chi connectivity index (χ3v) is 5.31. The molecule has 2 aromatic rings. The van der Waals surface area contributed by atoms with Gasteiger partial charge in [-0.15, -0.1) is 0 Å². The molecule has 0 radical (unpaired) electrons. The molecular formula is C20H20I2N4O6. The zero-order chi connectivity index (χ0) is 23.7. The van der Waals surface area contributed by atoms with Gasteiger partial charge in [0.1, 0.15) is 0 Å². The van der Waals surface area contributed by atoms with E-state index in [0.717, 1.165) is 0 Å². The van der Waals surface area contributed by atoms with Crippen LogP contribution in [0.15, 0.2) is 34.5 Å². The van der Waals surface area contributed by atoms with Gasteiger partial charge >= 0.3 is 11.8 Å². The molecule has 0 atom stereocenters. The van der Waals surface area contributed by atoms with Crippen LogP contribution in [-0.2, 0) is 9.59 Å². The Morgan fingerprint density at radius 2 is 1.22 bits per heavy atom. The maximum atomic E-state index is 11.9. The van der Waals surface area contributed by atoms with Gasteiger partial charge in [-0.05, 0) is 94.4 Å². The summed E-state index contributed by atoms with van der Waals surface area (Å²) in [6.07, 6.45) is 2.62. The van der Waals surface area contributed by atoms with Crippen molar-refractivity contribution in [1.82, 2.24) is 10.9 Å². The molecule has 12 heteroatoms. The minimum absolute atomic E-state index is 0.0163. The second-order valence-corrected chi connectivity index (χ2v) is 8.29. The number of nitrogens with zero attached hydrogens (tertiary/aromatic N) is 2. The maximum absolute atomic E-state index is 11.9. The van der Waals surface area contributed by atoms with Crippen LogP contribution < -0.4 is 20.3 Å². The Morgan fingerprint density at radius 3 is 1.56 bits per heavy atom. The quantitative estimate of drug-likeness (QED) is 0.148. The van der Waals surface area contributed by atoms with Gasteiger partial charge in [0.2, 0.25) is 0 Å². The number of aromatic hydroxyl groups is 2. The molecule has 10 nitrogen and oxygen atoms in total. The molecule has 0 saturated heterocycles. The van der Waals surface area contributed by atoms with Gasteiger partial charge in [-0.2, -0.15) is 10.2 Å². The van der Waals surface area contributed by atoms with Crippen molar-refractivity contribution in [3.05, 3.63) is 42.5 Å². The summed E-state index contributed by atoms with van der Waals surface area (Å²) in [6, 6.07) is 6.37. The summed E-state index contributed by atoms with van der Waals surface area (Å²) in [5.41, 5.74) is 5.30. The van der Waals surface area contributed by atoms with Crippen molar-refractivity contribution in [2.45, 2.75) is 13.8 Å². The van der Waals surface area contributed by atoms with Crippen molar-refractivity contribution < 1.29 is 29.3 Å². The normalized spacial score (nSPS) is 11.0. The minimum Gasteiger partial charge on any atom is -0.504 e. The highest BCUT2D eigenvalue weighted by atomic mass is 127. The maximum Gasteiger partial charge on any atom is 0.331 e. The van der Waals surface area contributed by atoms with Gasteiger partial charge in [0.15, 0.2) is 23.0 Å². The molecule has 32 heavy (non-hydrogen) atoms. The first-order valence-corrected chi connectivity index (χ1v) is 11.4. The van der Waals surface area contributed by atoms with Gasteiger partial charge in [-0.1, -0.05) is 0 Å². The van der Waals surface area contributed by atoms with Crippen LogP contribution in [0.5, 0.6) is 23.0 Å². The van der Waals surface area contributed by atoms with Crippen molar-refractivity contribution in [1.29, 1.82) is 0 Å². The van der Waals surface area contributed by atoms with E-state index in [2.05, 4.69) is 21.1 Å². The molecule has 0 aliphatic rings. The number of carbonyl (C=O) groups is 2. The van der Waals surface area contributed by atoms with Crippen LogP contribution in [0.1, 0.15) is 25.0 Å². The first-order valence-electron chi connectivity index (χ1n) is 9.23. The van der Waals surface area contributed by atoms with E-state index in [9.17, 15) is 19.8 Å². The Balaban J connectivity index is 1.96. The van der Waals surface area contributed by atoms with Gasteiger partial charge in [0.05, 0.1) is 32.8 Å². The summed E-state index contributed by atoms with van der Waals surface area (Å²) in [5.74, 6) is -1.43. The Hall–Kier alpha value is -2.62. The summed E-state index contributed by atoms with van der Waals surface area (Å²) < 4.78 is 11.8. The van der Waals surface area contributed by atoms with Gasteiger partial charge < -0.3 is 19.7 Å². The van der Waals surface area contributed by atoms with E-state index >= 15 is 0 Å². The van der Waals surface area contributed by atoms with Gasteiger partial charge in [0, 0.05) is 0 Å². The molecule has 0 heterocycles. The van der Waals surface area contributed by atoms with Crippen LogP contribution >= 0.6 is 45.2 Å². The smallest absolute Gasteiger partial charge is 0.331 e. The predicted molar refractivity (Wildman–Crippen MR) is 135 cm³/mol. The summed E-state index contributed by atoms with van der Waals surface area (Å²) in [5, 5.41) is 27.3. The third kappa shape index (κ3) is 7.22. The number of halogens is 2. The summed E-state index contributed by atoms with van der Waals surface area (Å²) >= 11 is 3.88. The lowest BCUT2D eigenvalue weighted by atomic mass is 10.2. The fourth-order valence-electron chi connectivity index (χ4n) is 2.30. The van der Waals surface area contributed by atoms with Crippen LogP contribution in [0.2, 0.25) is 0 Å². The number of nitrogens with one attached hydrogen (secondary N) is 2. The number of carbonyl (C=O) groups excluding carboxylic acids is 2. The van der Waals surface area contributed by atoms with Crippen LogP contribution in [0.4, 0.5) is 0 Å². The van der Waals surface area contributed by atoms with Crippen molar-refractivity contribution in [2.75, 3.05) is 13.2 Å². The fourth-order valence-corrected chi connectivity index (χ4v) is 3.55. The first-order chi connectivity index (χ1) is 15.3. The lowest BCUT2D eigenvalue weighted by Gasteiger charge is -2.08. The van der Waals surface area contributed by atoms with E-state index in [1.54, 1.807) is 38.1 Å². The van der Waals surface area contributed by atoms with Crippen LogP contribution in [0, 0.1) is 7.14 Å². The largest absolute Gasteiger partial charge is 0.504 e. The second-order valence-electron chi connectivity index (χ2n) is 5.96. The topological polar surface area (TPSA) is 142 Å². The number of amides is 2. The molecule has 170 valence electrons. The first kappa shape index (κ1) is 25.6. The molecule has 0 aliphatic carbocycles. The molecule has 0 aromatic heterocycles. The molecule has 0 fully saturated rings. The Morgan fingerprint density at radius 1 is 0.844 bits per heavy atom. The molecule has 0 unspecified atom stereocenters. The number of phenolic OH excluding ortho intramolecular Hbond substituents is 2. The van der Waals surface area contributed by atoms with Gasteiger partial charge in [0.25, 0.3) is 0 Å². The number of rotatable bonds is 8. The molecule has 2 rings (SSSR count). The Bertz CT molecular complexity index is 975. The summed E-state index contributed by atoms with van der Waals surface area (Å²) in [4.78, 5) is 23.7.